The third-order valence-corrected chi connectivity index (χ3v) is 1.28. The van der Waals surface area contributed by atoms with E-state index in [1.807, 2.05) is 13.8 Å². The highest BCUT2D eigenvalue weighted by Gasteiger charge is 1.74. The second-order valence-corrected chi connectivity index (χ2v) is 2.88. The molecule has 0 amide bonds. The molecule has 0 fully saturated rings. The third kappa shape index (κ3) is 60.6. The topological polar surface area (TPSA) is 80.9 Å². The van der Waals surface area contributed by atoms with Crippen molar-refractivity contribution in [1.29, 1.82) is 0 Å². The lowest BCUT2D eigenvalue weighted by atomic mass is 10.5. The van der Waals surface area contributed by atoms with Crippen LogP contribution in [-0.4, -0.2) is 43.7 Å². The lowest BCUT2D eigenvalue weighted by Crippen LogP contribution is -1.85. The Morgan fingerprint density at radius 1 is 0.857 bits per heavy atom. The first-order chi connectivity index (χ1) is 6.45. The van der Waals surface area contributed by atoms with E-state index in [1.165, 1.54) is 0 Å². The lowest BCUT2D eigenvalue weighted by Gasteiger charge is -1.76. The number of rotatable bonds is 3. The van der Waals surface area contributed by atoms with E-state index in [2.05, 4.69) is 24.4 Å². The summed E-state index contributed by atoms with van der Waals surface area (Å²) in [5.41, 5.74) is 0. The van der Waals surface area contributed by atoms with Gasteiger partial charge in [-0.2, -0.15) is 0 Å². The van der Waals surface area contributed by atoms with Gasteiger partial charge in [-0.15, -0.1) is 0 Å². The molecule has 0 unspecified atom stereocenters. The summed E-state index contributed by atoms with van der Waals surface area (Å²) in [6, 6.07) is 0. The van der Waals surface area contributed by atoms with E-state index in [0.29, 0.717) is 12.8 Å². The first-order valence-electron chi connectivity index (χ1n) is 4.11. The lowest BCUT2D eigenvalue weighted by molar-refractivity contribution is 0.186. The minimum absolute atomic E-state index is 0.0880. The number of thiocarbonyl (C=S) groups is 2. The number of aliphatic hydroxyl groups excluding tert-OH is 4. The Morgan fingerprint density at radius 3 is 1.00 bits per heavy atom. The average Bonchev–Trinajstić information content (AvgIpc) is 2.19. The van der Waals surface area contributed by atoms with Crippen LogP contribution >= 0.6 is 24.4 Å². The average molecular weight is 242 g/mol. The van der Waals surface area contributed by atoms with Crippen molar-refractivity contribution in [1.82, 2.24) is 0 Å². The fourth-order valence-corrected chi connectivity index (χ4v) is 0. The molecule has 0 aromatic heterocycles. The summed E-state index contributed by atoms with van der Waals surface area (Å²) in [6.07, 6.45) is 1.19. The Kier molecular flexibility index (Phi) is 25.5. The molecule has 0 aliphatic heterocycles. The van der Waals surface area contributed by atoms with Crippen molar-refractivity contribution in [2.24, 2.45) is 0 Å². The summed E-state index contributed by atoms with van der Waals surface area (Å²) in [4.78, 5) is 0. The largest absolute Gasteiger partial charge is 0.502 e. The van der Waals surface area contributed by atoms with Gasteiger partial charge >= 0.3 is 0 Å². The van der Waals surface area contributed by atoms with Gasteiger partial charge < -0.3 is 20.4 Å². The van der Waals surface area contributed by atoms with Gasteiger partial charge in [0.05, 0.1) is 13.2 Å². The number of hydrogen-bond donors (Lipinski definition) is 4. The maximum absolute atomic E-state index is 8.09. The molecule has 0 rings (SSSR count). The molecule has 0 aliphatic carbocycles. The van der Waals surface area contributed by atoms with Crippen LogP contribution in [0.4, 0.5) is 0 Å². The van der Waals surface area contributed by atoms with E-state index in [1.54, 1.807) is 0 Å². The molecule has 0 saturated carbocycles. The van der Waals surface area contributed by atoms with E-state index >= 15 is 0 Å². The van der Waals surface area contributed by atoms with E-state index in [-0.39, 0.29) is 23.3 Å². The fourth-order valence-electron chi connectivity index (χ4n) is 0. The smallest absolute Gasteiger partial charge is 0.156 e. The summed E-state index contributed by atoms with van der Waals surface area (Å²) in [5, 5.41) is 31.6. The highest BCUT2D eigenvalue weighted by atomic mass is 32.1. The molecule has 14 heavy (non-hydrogen) atoms. The first-order valence-corrected chi connectivity index (χ1v) is 4.93. The quantitative estimate of drug-likeness (QED) is 0.562. The predicted octanol–water partition coefficient (Wildman–Crippen LogP) is 1.53. The van der Waals surface area contributed by atoms with Crippen LogP contribution in [0.3, 0.4) is 0 Å². The molecule has 4 nitrogen and oxygen atoms in total. The summed E-state index contributed by atoms with van der Waals surface area (Å²) in [7, 11) is 0. The highest BCUT2D eigenvalue weighted by molar-refractivity contribution is 7.80. The molecule has 0 aromatic rings. The molecular formula is C8H18O4S2. The van der Waals surface area contributed by atoms with Crippen LogP contribution < -0.4 is 0 Å². The van der Waals surface area contributed by atoms with Crippen molar-refractivity contribution in [2.45, 2.75) is 26.7 Å². The van der Waals surface area contributed by atoms with Gasteiger partial charge in [0.1, 0.15) is 0 Å². The fraction of sp³-hybridized carbons (Fsp3) is 0.750. The van der Waals surface area contributed by atoms with Gasteiger partial charge in [0.15, 0.2) is 10.1 Å². The number of hydrogen-bond acceptors (Lipinski definition) is 4. The van der Waals surface area contributed by atoms with Crippen LogP contribution in [0, 0.1) is 0 Å². The second-order valence-electron chi connectivity index (χ2n) is 1.94. The minimum atomic E-state index is -0.125. The molecule has 0 atom stereocenters. The van der Waals surface area contributed by atoms with Gasteiger partial charge in [-0.3, -0.25) is 0 Å². The Hall–Kier alpha value is -0.300. The summed E-state index contributed by atoms with van der Waals surface area (Å²) in [5.74, 6) is 0. The monoisotopic (exact) mass is 242 g/mol. The van der Waals surface area contributed by atoms with Gasteiger partial charge in [-0.05, 0) is 24.4 Å². The zero-order valence-corrected chi connectivity index (χ0v) is 10.1. The standard InChI is InChI=1S/2C3H6OS.C2H6O2/c2*1-2-3(4)5;3-1-2-4/h2*2H2,1H3,(H,4,5);3-4H,1-2H2. The van der Waals surface area contributed by atoms with Crippen LogP contribution in [-0.2, 0) is 0 Å². The SMILES string of the molecule is CCC(O)=S.CCC(O)=S.OCCO. The third-order valence-electron chi connectivity index (χ3n) is 0.705. The molecule has 0 aliphatic rings. The van der Waals surface area contributed by atoms with Crippen LogP contribution in [0.2, 0.25) is 0 Å². The van der Waals surface area contributed by atoms with E-state index in [9.17, 15) is 0 Å². The van der Waals surface area contributed by atoms with Crippen molar-refractivity contribution in [2.75, 3.05) is 13.2 Å². The molecule has 0 radical (unpaired) electrons. The van der Waals surface area contributed by atoms with Crippen LogP contribution in [0.15, 0.2) is 0 Å². The molecule has 6 heteroatoms. The molecule has 0 spiro atoms. The number of aliphatic hydroxyl groups is 4. The van der Waals surface area contributed by atoms with Gasteiger partial charge in [-0.1, -0.05) is 13.8 Å². The van der Waals surface area contributed by atoms with Gasteiger partial charge in [0, 0.05) is 12.8 Å². The van der Waals surface area contributed by atoms with E-state index in [0.717, 1.165) is 0 Å². The van der Waals surface area contributed by atoms with Crippen molar-refractivity contribution in [3.8, 4) is 0 Å². The van der Waals surface area contributed by atoms with Crippen LogP contribution in [0.5, 0.6) is 0 Å². The zero-order valence-electron chi connectivity index (χ0n) is 8.43. The summed E-state index contributed by atoms with van der Waals surface area (Å²) < 4.78 is 0. The predicted molar refractivity (Wildman–Crippen MR) is 65.2 cm³/mol. The minimum Gasteiger partial charge on any atom is -0.502 e. The van der Waals surface area contributed by atoms with Crippen molar-refractivity contribution < 1.29 is 20.4 Å². The summed E-state index contributed by atoms with van der Waals surface area (Å²) >= 11 is 8.50. The van der Waals surface area contributed by atoms with E-state index < -0.39 is 0 Å². The molecule has 4 N–H and O–H groups in total. The van der Waals surface area contributed by atoms with Crippen LogP contribution in [0.1, 0.15) is 26.7 Å². The molecule has 0 heterocycles. The second kappa shape index (κ2) is 18.5. The molecule has 0 bridgehead atoms. The van der Waals surface area contributed by atoms with Crippen molar-refractivity contribution in [3.63, 3.8) is 0 Å². The molecule has 0 saturated heterocycles. The Morgan fingerprint density at radius 2 is 1.00 bits per heavy atom. The summed E-state index contributed by atoms with van der Waals surface area (Å²) in [6.45, 7) is 3.37. The van der Waals surface area contributed by atoms with Gasteiger partial charge in [0.2, 0.25) is 0 Å². The Bertz CT molecular complexity index is 123. The molecule has 86 valence electrons. The molecule has 0 aromatic carbocycles. The van der Waals surface area contributed by atoms with Crippen molar-refractivity contribution >= 4 is 34.5 Å². The first kappa shape index (κ1) is 19.3. The zero-order chi connectivity index (χ0) is 12.0. The Balaban J connectivity index is -0.000000131. The Labute approximate surface area is 95.2 Å². The van der Waals surface area contributed by atoms with Crippen molar-refractivity contribution in [3.05, 3.63) is 0 Å². The highest BCUT2D eigenvalue weighted by Crippen LogP contribution is 1.74. The van der Waals surface area contributed by atoms with E-state index in [4.69, 9.17) is 20.4 Å². The van der Waals surface area contributed by atoms with Gasteiger partial charge in [-0.25, -0.2) is 0 Å². The van der Waals surface area contributed by atoms with Crippen LogP contribution in [0.25, 0.3) is 0 Å². The normalized spacial score (nSPS) is 7.43. The maximum atomic E-state index is 8.09. The molecular weight excluding hydrogens is 224 g/mol. The maximum Gasteiger partial charge on any atom is 0.156 e. The van der Waals surface area contributed by atoms with Gasteiger partial charge in [0.25, 0.3) is 0 Å².